The van der Waals surface area contributed by atoms with Crippen LogP contribution in [-0.4, -0.2) is 32.9 Å². The number of amidine groups is 2. The molecule has 3 aromatic rings. The van der Waals surface area contributed by atoms with Gasteiger partial charge in [0.05, 0.1) is 16.9 Å². The Balaban J connectivity index is 1.35. The summed E-state index contributed by atoms with van der Waals surface area (Å²) in [6, 6.07) is 17.5. The Hall–Kier alpha value is -3.95. The number of ether oxygens (including phenoxy) is 1. The van der Waals surface area contributed by atoms with Gasteiger partial charge in [-0.25, -0.2) is 4.79 Å². The molecule has 5 rings (SSSR count). The normalized spacial score (nSPS) is 16.4. The summed E-state index contributed by atoms with van der Waals surface area (Å²) in [6.07, 6.45) is 3.45. The van der Waals surface area contributed by atoms with E-state index < -0.39 is 11.9 Å². The minimum absolute atomic E-state index is 0.0489. The summed E-state index contributed by atoms with van der Waals surface area (Å²) in [5.74, 6) is -1.10. The second kappa shape index (κ2) is 9.12. The van der Waals surface area contributed by atoms with Crippen molar-refractivity contribution in [2.75, 3.05) is 0 Å². The maximum atomic E-state index is 12.6. The van der Waals surface area contributed by atoms with Crippen molar-refractivity contribution < 1.29 is 18.7 Å². The van der Waals surface area contributed by atoms with Crippen LogP contribution in [0.1, 0.15) is 21.7 Å². The SMILES string of the molecule is N=C1/C(=C\c2ccc(OC(=O)c3ccco3)c(Cl)c2)C(=O)N=C2SC(Cc3ccccc3)=NN12. The molecule has 0 fully saturated rings. The highest BCUT2D eigenvalue weighted by Crippen LogP contribution is 2.31. The van der Waals surface area contributed by atoms with E-state index in [-0.39, 0.29) is 27.9 Å². The van der Waals surface area contributed by atoms with Crippen molar-refractivity contribution in [3.63, 3.8) is 0 Å². The smallest absolute Gasteiger partial charge is 0.379 e. The van der Waals surface area contributed by atoms with Crippen LogP contribution in [-0.2, 0) is 11.2 Å². The zero-order valence-electron chi connectivity index (χ0n) is 17.4. The van der Waals surface area contributed by atoms with Crippen LogP contribution in [0.3, 0.4) is 0 Å². The van der Waals surface area contributed by atoms with Crippen molar-refractivity contribution >= 4 is 57.4 Å². The predicted octanol–water partition coefficient (Wildman–Crippen LogP) is 5.01. The molecule has 0 bridgehead atoms. The lowest BCUT2D eigenvalue weighted by atomic mass is 10.1. The van der Waals surface area contributed by atoms with Crippen molar-refractivity contribution in [2.24, 2.45) is 10.1 Å². The van der Waals surface area contributed by atoms with Gasteiger partial charge in [0.1, 0.15) is 10.8 Å². The maximum Gasteiger partial charge on any atom is 0.379 e. The summed E-state index contributed by atoms with van der Waals surface area (Å²) in [7, 11) is 0. The predicted molar refractivity (Wildman–Crippen MR) is 130 cm³/mol. The lowest BCUT2D eigenvalue weighted by molar-refractivity contribution is -0.114. The van der Waals surface area contributed by atoms with E-state index in [9.17, 15) is 9.59 Å². The quantitative estimate of drug-likeness (QED) is 0.306. The van der Waals surface area contributed by atoms with Crippen LogP contribution in [0.2, 0.25) is 5.02 Å². The van der Waals surface area contributed by atoms with Gasteiger partial charge in [-0.3, -0.25) is 10.2 Å². The average Bonchev–Trinajstić information content (AvgIpc) is 3.49. The monoisotopic (exact) mass is 490 g/mol. The number of carbonyl (C=O) groups excluding carboxylic acids is 2. The van der Waals surface area contributed by atoms with E-state index in [0.717, 1.165) is 10.6 Å². The van der Waals surface area contributed by atoms with Gasteiger partial charge in [0.15, 0.2) is 5.84 Å². The number of halogens is 1. The number of rotatable bonds is 5. The van der Waals surface area contributed by atoms with Crippen LogP contribution in [0.4, 0.5) is 0 Å². The van der Waals surface area contributed by atoms with Crippen LogP contribution in [0, 0.1) is 5.41 Å². The molecule has 0 spiro atoms. The van der Waals surface area contributed by atoms with E-state index >= 15 is 0 Å². The molecule has 10 heteroatoms. The lowest BCUT2D eigenvalue weighted by Gasteiger charge is -2.20. The number of furan rings is 1. The van der Waals surface area contributed by atoms with E-state index in [1.54, 1.807) is 12.1 Å². The van der Waals surface area contributed by atoms with Gasteiger partial charge in [-0.1, -0.05) is 48.0 Å². The van der Waals surface area contributed by atoms with Crippen molar-refractivity contribution in [3.8, 4) is 5.75 Å². The first kappa shape index (κ1) is 21.9. The summed E-state index contributed by atoms with van der Waals surface area (Å²) in [5.41, 5.74) is 1.69. The highest BCUT2D eigenvalue weighted by atomic mass is 35.5. The number of hydrogen-bond donors (Lipinski definition) is 1. The highest BCUT2D eigenvalue weighted by molar-refractivity contribution is 8.26. The summed E-state index contributed by atoms with van der Waals surface area (Å²) < 4.78 is 10.3. The molecule has 2 aliphatic rings. The Kier molecular flexibility index (Phi) is 5.87. The molecule has 0 radical (unpaired) electrons. The Bertz CT molecular complexity index is 1400. The van der Waals surface area contributed by atoms with Gasteiger partial charge in [-0.15, -0.1) is 0 Å². The topological polar surface area (TPSA) is 108 Å². The van der Waals surface area contributed by atoms with Crippen LogP contribution in [0.25, 0.3) is 6.08 Å². The Labute approximate surface area is 203 Å². The molecule has 0 atom stereocenters. The molecule has 3 heterocycles. The summed E-state index contributed by atoms with van der Waals surface area (Å²) in [4.78, 5) is 28.8. The van der Waals surface area contributed by atoms with Gasteiger partial charge in [0.2, 0.25) is 10.9 Å². The number of nitrogens with one attached hydrogen (secondary N) is 1. The van der Waals surface area contributed by atoms with E-state index in [1.165, 1.54) is 47.3 Å². The second-order valence-electron chi connectivity index (χ2n) is 7.23. The van der Waals surface area contributed by atoms with Crippen molar-refractivity contribution in [1.82, 2.24) is 5.01 Å². The number of carbonyl (C=O) groups is 2. The summed E-state index contributed by atoms with van der Waals surface area (Å²) in [6.45, 7) is 0. The number of benzene rings is 2. The van der Waals surface area contributed by atoms with Crippen LogP contribution < -0.4 is 4.74 Å². The molecular formula is C24H15ClN4O4S. The zero-order chi connectivity index (χ0) is 23.7. The first-order valence-corrected chi connectivity index (χ1v) is 11.3. The number of aliphatic imine (C=N–C) groups is 1. The Morgan fingerprint density at radius 3 is 2.74 bits per heavy atom. The van der Waals surface area contributed by atoms with Crippen molar-refractivity contribution in [1.29, 1.82) is 5.41 Å². The third kappa shape index (κ3) is 4.43. The fourth-order valence-corrected chi connectivity index (χ4v) is 4.42. The highest BCUT2D eigenvalue weighted by Gasteiger charge is 2.35. The van der Waals surface area contributed by atoms with Gasteiger partial charge >= 0.3 is 5.97 Å². The molecule has 1 amide bonds. The van der Waals surface area contributed by atoms with Crippen LogP contribution in [0.5, 0.6) is 5.75 Å². The maximum absolute atomic E-state index is 12.6. The Morgan fingerprint density at radius 1 is 1.18 bits per heavy atom. The second-order valence-corrected chi connectivity index (χ2v) is 8.68. The molecule has 0 unspecified atom stereocenters. The molecule has 2 aliphatic heterocycles. The number of thioether (sulfide) groups is 1. The average molecular weight is 491 g/mol. The molecule has 168 valence electrons. The molecule has 1 aromatic heterocycles. The van der Waals surface area contributed by atoms with E-state index in [1.807, 2.05) is 30.3 Å². The molecule has 34 heavy (non-hydrogen) atoms. The lowest BCUT2D eigenvalue weighted by Crippen LogP contribution is -2.35. The van der Waals surface area contributed by atoms with E-state index in [4.69, 9.17) is 26.2 Å². The molecule has 8 nitrogen and oxygen atoms in total. The zero-order valence-corrected chi connectivity index (χ0v) is 19.0. The van der Waals surface area contributed by atoms with Gasteiger partial charge in [-0.2, -0.15) is 15.1 Å². The minimum atomic E-state index is -0.681. The fourth-order valence-electron chi connectivity index (χ4n) is 3.27. The molecule has 0 aliphatic carbocycles. The van der Waals surface area contributed by atoms with Crippen LogP contribution in [0.15, 0.2) is 87.0 Å². The summed E-state index contributed by atoms with van der Waals surface area (Å²) >= 11 is 7.55. The van der Waals surface area contributed by atoms with Crippen molar-refractivity contribution in [3.05, 3.63) is 94.4 Å². The molecule has 1 N–H and O–H groups in total. The van der Waals surface area contributed by atoms with Gasteiger partial charge in [-0.05, 0) is 53.2 Å². The summed E-state index contributed by atoms with van der Waals surface area (Å²) in [5, 5.41) is 15.6. The number of hydrazone groups is 1. The molecule has 0 saturated heterocycles. The number of fused-ring (bicyclic) bond motifs is 1. The van der Waals surface area contributed by atoms with Gasteiger partial charge in [0, 0.05) is 6.42 Å². The third-order valence-corrected chi connectivity index (χ3v) is 6.09. The number of nitrogens with zero attached hydrogens (tertiary/aromatic N) is 3. The Morgan fingerprint density at radius 2 is 2.00 bits per heavy atom. The first-order valence-electron chi connectivity index (χ1n) is 10.1. The van der Waals surface area contributed by atoms with Crippen molar-refractivity contribution in [2.45, 2.75) is 6.42 Å². The van der Waals surface area contributed by atoms with Gasteiger partial charge in [0.25, 0.3) is 5.91 Å². The minimum Gasteiger partial charge on any atom is -0.457 e. The van der Waals surface area contributed by atoms with E-state index in [2.05, 4.69) is 10.1 Å². The number of esters is 1. The molecular weight excluding hydrogens is 476 g/mol. The largest absolute Gasteiger partial charge is 0.457 e. The van der Waals surface area contributed by atoms with Gasteiger partial charge < -0.3 is 9.15 Å². The number of amides is 1. The van der Waals surface area contributed by atoms with Crippen LogP contribution >= 0.6 is 23.4 Å². The standard InChI is InChI=1S/C24H15ClN4O4S/c25-17-12-15(8-9-18(17)33-23(31)19-7-4-10-32-19)11-16-21(26)29-24(27-22(16)30)34-20(28-29)13-14-5-2-1-3-6-14/h1-12,26H,13H2/b16-11+,26-21?. The molecule has 2 aromatic carbocycles. The fraction of sp³-hybridized carbons (Fsp3) is 0.0417. The first-order chi connectivity index (χ1) is 16.5. The molecule has 0 saturated carbocycles. The number of hydrogen-bond acceptors (Lipinski definition) is 7. The van der Waals surface area contributed by atoms with E-state index in [0.29, 0.717) is 17.2 Å². The third-order valence-electron chi connectivity index (χ3n) is 4.89.